The molecule has 2 aliphatic rings. The van der Waals surface area contributed by atoms with E-state index in [9.17, 15) is 23.7 Å². The van der Waals surface area contributed by atoms with E-state index in [1.54, 1.807) is 0 Å². The summed E-state index contributed by atoms with van der Waals surface area (Å²) < 4.78 is 52.1. The molecule has 172 valence electrons. The predicted molar refractivity (Wildman–Crippen MR) is 103 cm³/mol. The minimum absolute atomic E-state index is 0.0649. The number of hydrogen-bond donors (Lipinski definition) is 3. The Labute approximate surface area is 175 Å². The van der Waals surface area contributed by atoms with Crippen LogP contribution in [0.1, 0.15) is 12.6 Å². The van der Waals surface area contributed by atoms with Crippen LogP contribution in [0, 0.1) is 5.92 Å². The molecular formula is C15H22N4O10P2. The standard InChI is InChI=1S/C15H22N4O10P2/c1-25-12-11(29-31(23,24)27-3)10(7-4-8(7)30(21,22)26-2)28-15(12)19-6-18-9-13(19)16-5-17-14(9)20/h5-8,10-12,15H,4H2,1-3H3,(H,21,22)(H,23,24)(H,16,17,20)/t7?,8?,10-,11?,12?,15-/m1/s1. The minimum Gasteiger partial charge on any atom is -0.374 e. The van der Waals surface area contributed by atoms with Gasteiger partial charge in [-0.15, -0.1) is 0 Å². The van der Waals surface area contributed by atoms with Gasteiger partial charge in [-0.05, 0) is 6.42 Å². The number of methoxy groups -OCH3 is 1. The predicted octanol–water partition coefficient (Wildman–Crippen LogP) is 0.384. The number of rotatable bonds is 8. The molecule has 2 aromatic heterocycles. The lowest BCUT2D eigenvalue weighted by atomic mass is 10.1. The van der Waals surface area contributed by atoms with E-state index in [2.05, 4.69) is 19.5 Å². The Bertz CT molecular complexity index is 1120. The molecule has 0 aromatic carbocycles. The van der Waals surface area contributed by atoms with Gasteiger partial charge in [0, 0.05) is 27.2 Å². The second kappa shape index (κ2) is 8.14. The van der Waals surface area contributed by atoms with E-state index < -0.39 is 57.1 Å². The molecule has 1 saturated heterocycles. The molecular weight excluding hydrogens is 458 g/mol. The van der Waals surface area contributed by atoms with Crippen molar-refractivity contribution >= 4 is 26.6 Å². The first-order valence-corrected chi connectivity index (χ1v) is 12.3. The molecule has 1 saturated carbocycles. The maximum absolute atomic E-state index is 12.2. The lowest BCUT2D eigenvalue weighted by Gasteiger charge is -2.25. The van der Waals surface area contributed by atoms with Crippen molar-refractivity contribution in [2.24, 2.45) is 5.92 Å². The van der Waals surface area contributed by atoms with Crippen LogP contribution in [0.4, 0.5) is 0 Å². The highest BCUT2D eigenvalue weighted by atomic mass is 31.2. The zero-order valence-corrected chi connectivity index (χ0v) is 18.5. The molecule has 16 heteroatoms. The normalized spacial score (nSPS) is 34.5. The zero-order chi connectivity index (χ0) is 22.6. The van der Waals surface area contributed by atoms with Crippen LogP contribution in [-0.4, -0.2) is 74.6 Å². The molecule has 0 amide bonds. The monoisotopic (exact) mass is 480 g/mol. The Hall–Kier alpha value is -1.47. The van der Waals surface area contributed by atoms with E-state index in [-0.39, 0.29) is 17.6 Å². The van der Waals surface area contributed by atoms with Crippen molar-refractivity contribution in [1.82, 2.24) is 19.5 Å². The van der Waals surface area contributed by atoms with Crippen LogP contribution in [0.25, 0.3) is 11.2 Å². The molecule has 0 bridgehead atoms. The molecule has 1 aliphatic carbocycles. The van der Waals surface area contributed by atoms with Crippen LogP contribution in [0.5, 0.6) is 0 Å². The summed E-state index contributed by atoms with van der Waals surface area (Å²) in [6.45, 7) is 0. The first kappa shape index (κ1) is 22.7. The molecule has 6 unspecified atom stereocenters. The summed E-state index contributed by atoms with van der Waals surface area (Å²) in [6, 6.07) is 0. The fraction of sp³-hybridized carbons (Fsp3) is 0.667. The van der Waals surface area contributed by atoms with Crippen molar-refractivity contribution in [3.05, 3.63) is 23.0 Å². The van der Waals surface area contributed by atoms with Crippen molar-refractivity contribution < 1.29 is 42.0 Å². The van der Waals surface area contributed by atoms with Crippen molar-refractivity contribution in [1.29, 1.82) is 0 Å². The van der Waals surface area contributed by atoms with Crippen LogP contribution < -0.4 is 5.56 Å². The fourth-order valence-corrected chi connectivity index (χ4v) is 5.98. The van der Waals surface area contributed by atoms with E-state index in [0.29, 0.717) is 0 Å². The highest BCUT2D eigenvalue weighted by Gasteiger charge is 2.62. The Morgan fingerprint density at radius 2 is 1.94 bits per heavy atom. The molecule has 1 aliphatic heterocycles. The lowest BCUT2D eigenvalue weighted by Crippen LogP contribution is -2.36. The van der Waals surface area contributed by atoms with Crippen molar-refractivity contribution in [2.45, 2.75) is 36.6 Å². The second-order valence-corrected chi connectivity index (χ2v) is 10.9. The second-order valence-electron chi connectivity index (χ2n) is 7.18. The van der Waals surface area contributed by atoms with Gasteiger partial charge in [0.25, 0.3) is 5.56 Å². The summed E-state index contributed by atoms with van der Waals surface area (Å²) in [6.07, 6.45) is -1.16. The molecule has 2 fully saturated rings. The highest BCUT2D eigenvalue weighted by Crippen LogP contribution is 2.65. The Morgan fingerprint density at radius 3 is 2.58 bits per heavy atom. The summed E-state index contributed by atoms with van der Waals surface area (Å²) in [5.74, 6) is -0.508. The van der Waals surface area contributed by atoms with E-state index >= 15 is 0 Å². The van der Waals surface area contributed by atoms with Crippen LogP contribution in [0.2, 0.25) is 0 Å². The summed E-state index contributed by atoms with van der Waals surface area (Å²) in [4.78, 5) is 42.5. The highest BCUT2D eigenvalue weighted by molar-refractivity contribution is 7.54. The number of aromatic nitrogens is 4. The van der Waals surface area contributed by atoms with Gasteiger partial charge >= 0.3 is 15.4 Å². The van der Waals surface area contributed by atoms with Crippen LogP contribution >= 0.6 is 15.4 Å². The molecule has 2 aromatic rings. The van der Waals surface area contributed by atoms with Crippen LogP contribution in [0.15, 0.2) is 17.4 Å². The molecule has 8 atom stereocenters. The quantitative estimate of drug-likeness (QED) is 0.442. The van der Waals surface area contributed by atoms with Gasteiger partial charge in [-0.2, -0.15) is 0 Å². The Morgan fingerprint density at radius 1 is 1.19 bits per heavy atom. The fourth-order valence-electron chi connectivity index (χ4n) is 3.91. The van der Waals surface area contributed by atoms with Gasteiger partial charge in [0.2, 0.25) is 0 Å². The number of aromatic amines is 1. The molecule has 14 nitrogen and oxygen atoms in total. The lowest BCUT2D eigenvalue weighted by molar-refractivity contribution is -0.0527. The summed E-state index contributed by atoms with van der Waals surface area (Å²) in [7, 11) is -4.87. The Balaban J connectivity index is 1.72. The smallest absolute Gasteiger partial charge is 0.374 e. The Kier molecular flexibility index (Phi) is 5.97. The van der Waals surface area contributed by atoms with Gasteiger partial charge < -0.3 is 28.8 Å². The van der Waals surface area contributed by atoms with Crippen LogP contribution in [-0.2, 0) is 32.2 Å². The summed E-state index contributed by atoms with van der Waals surface area (Å²) in [5, 5.41) is 0. The number of phosphoric ester groups is 1. The number of ether oxygens (including phenoxy) is 2. The minimum atomic E-state index is -4.47. The topological polar surface area (TPSA) is 184 Å². The number of hydrogen-bond acceptors (Lipinski definition) is 10. The van der Waals surface area contributed by atoms with E-state index in [1.165, 1.54) is 24.3 Å². The first-order chi connectivity index (χ1) is 14.6. The van der Waals surface area contributed by atoms with Gasteiger partial charge in [-0.3, -0.25) is 23.0 Å². The van der Waals surface area contributed by atoms with Crippen LogP contribution in [0.3, 0.4) is 0 Å². The third-order valence-electron chi connectivity index (χ3n) is 5.53. The largest absolute Gasteiger partial charge is 0.472 e. The number of fused-ring (bicyclic) bond motifs is 1. The van der Waals surface area contributed by atoms with Crippen molar-refractivity contribution in [2.75, 3.05) is 21.3 Å². The molecule has 31 heavy (non-hydrogen) atoms. The number of imidazole rings is 1. The number of phosphoric acid groups is 1. The van der Waals surface area contributed by atoms with Gasteiger partial charge in [-0.25, -0.2) is 14.5 Å². The number of nitrogens with one attached hydrogen (secondary N) is 1. The maximum Gasteiger partial charge on any atom is 0.472 e. The SMILES string of the molecule is COC1C(OP(=O)(O)OC)[C@@H](C2CC2P(=O)(O)OC)O[C@H]1n1cnc2c(=O)[nH]cnc21. The average Bonchev–Trinajstić information content (AvgIpc) is 3.31. The molecule has 3 N–H and O–H groups in total. The van der Waals surface area contributed by atoms with Crippen molar-refractivity contribution in [3.63, 3.8) is 0 Å². The van der Waals surface area contributed by atoms with E-state index in [1.807, 2.05) is 0 Å². The third kappa shape index (κ3) is 4.04. The molecule has 3 heterocycles. The summed E-state index contributed by atoms with van der Waals surface area (Å²) >= 11 is 0. The first-order valence-electron chi connectivity index (χ1n) is 9.17. The average molecular weight is 480 g/mol. The number of nitrogens with zero attached hydrogens (tertiary/aromatic N) is 3. The van der Waals surface area contributed by atoms with Gasteiger partial charge in [-0.1, -0.05) is 0 Å². The molecule has 4 rings (SSSR count). The zero-order valence-electron chi connectivity index (χ0n) is 16.7. The van der Waals surface area contributed by atoms with Gasteiger partial charge in [0.05, 0.1) is 24.4 Å². The van der Waals surface area contributed by atoms with E-state index in [0.717, 1.165) is 14.2 Å². The molecule has 0 spiro atoms. The van der Waals surface area contributed by atoms with Gasteiger partial charge in [0.1, 0.15) is 12.2 Å². The van der Waals surface area contributed by atoms with Crippen molar-refractivity contribution in [3.8, 4) is 0 Å². The van der Waals surface area contributed by atoms with E-state index in [4.69, 9.17) is 18.5 Å². The summed E-state index contributed by atoms with van der Waals surface area (Å²) in [5.41, 5.74) is -0.921. The molecule has 0 radical (unpaired) electrons. The van der Waals surface area contributed by atoms with Gasteiger partial charge in [0.15, 0.2) is 17.4 Å². The maximum atomic E-state index is 12.2. The number of H-pyrrole nitrogens is 1. The third-order valence-corrected chi connectivity index (χ3v) is 8.46.